The molecule has 1 aromatic carbocycles. The van der Waals surface area contributed by atoms with Gasteiger partial charge in [-0.3, -0.25) is 4.79 Å². The molecule has 1 amide bonds. The molecule has 1 atom stereocenters. The number of benzene rings is 1. The van der Waals surface area contributed by atoms with Gasteiger partial charge in [0.25, 0.3) is 5.91 Å². The normalized spacial score (nSPS) is 18.6. The van der Waals surface area contributed by atoms with E-state index in [0.717, 1.165) is 32.5 Å². The second-order valence-corrected chi connectivity index (χ2v) is 5.35. The molecule has 6 heteroatoms. The van der Waals surface area contributed by atoms with Crippen molar-refractivity contribution in [3.05, 3.63) is 34.6 Å². The number of carbonyl (C=O) groups is 1. The molecule has 20 heavy (non-hydrogen) atoms. The summed E-state index contributed by atoms with van der Waals surface area (Å²) in [6.45, 7) is 2.41. The van der Waals surface area contributed by atoms with Crippen LogP contribution in [-0.2, 0) is 0 Å². The first-order valence-electron chi connectivity index (χ1n) is 6.50. The summed E-state index contributed by atoms with van der Waals surface area (Å²) in [5.41, 5.74) is 0.455. The van der Waals surface area contributed by atoms with Gasteiger partial charge in [-0.25, -0.2) is 4.39 Å². The van der Waals surface area contributed by atoms with Crippen molar-refractivity contribution < 1.29 is 9.18 Å². The van der Waals surface area contributed by atoms with Crippen LogP contribution in [0, 0.1) is 11.7 Å². The van der Waals surface area contributed by atoms with Crippen molar-refractivity contribution >= 4 is 29.9 Å². The molecule has 1 N–H and O–H groups in total. The van der Waals surface area contributed by atoms with E-state index in [1.165, 1.54) is 18.2 Å². The van der Waals surface area contributed by atoms with E-state index < -0.39 is 5.82 Å². The number of hydrogen-bond donors (Lipinski definition) is 1. The molecule has 0 aromatic heterocycles. The maximum Gasteiger partial charge on any atom is 0.253 e. The summed E-state index contributed by atoms with van der Waals surface area (Å²) in [5, 5.41) is 3.14. The summed E-state index contributed by atoms with van der Waals surface area (Å²) >= 11 is 5.72. The molecular weight excluding hydrogens is 302 g/mol. The minimum absolute atomic E-state index is 0. The lowest BCUT2D eigenvalue weighted by molar-refractivity contribution is 0.0674. The summed E-state index contributed by atoms with van der Waals surface area (Å²) in [6.07, 6.45) is 2.14. The summed E-state index contributed by atoms with van der Waals surface area (Å²) < 4.78 is 13.1. The molecule has 112 valence electrons. The van der Waals surface area contributed by atoms with Gasteiger partial charge in [-0.2, -0.15) is 0 Å². The number of nitrogens with zero attached hydrogens (tertiary/aromatic N) is 1. The van der Waals surface area contributed by atoms with Crippen LogP contribution >= 0.6 is 24.0 Å². The van der Waals surface area contributed by atoms with E-state index >= 15 is 0 Å². The molecule has 1 aliphatic heterocycles. The highest BCUT2D eigenvalue weighted by Gasteiger charge is 2.24. The zero-order valence-electron chi connectivity index (χ0n) is 11.4. The van der Waals surface area contributed by atoms with Crippen LogP contribution in [0.3, 0.4) is 0 Å². The Labute approximate surface area is 129 Å². The van der Waals surface area contributed by atoms with E-state index in [1.807, 2.05) is 11.9 Å². The van der Waals surface area contributed by atoms with Crippen LogP contribution in [0.5, 0.6) is 0 Å². The van der Waals surface area contributed by atoms with Crippen LogP contribution in [0.1, 0.15) is 23.2 Å². The van der Waals surface area contributed by atoms with Gasteiger partial charge in [0.05, 0.1) is 5.02 Å². The van der Waals surface area contributed by atoms with Crippen LogP contribution in [0.15, 0.2) is 18.2 Å². The first kappa shape index (κ1) is 17.2. The van der Waals surface area contributed by atoms with Gasteiger partial charge in [-0.15, -0.1) is 12.4 Å². The summed E-state index contributed by atoms with van der Waals surface area (Å²) in [4.78, 5) is 14.2. The second-order valence-electron chi connectivity index (χ2n) is 4.95. The summed E-state index contributed by atoms with van der Waals surface area (Å²) in [7, 11) is 1.92. The molecule has 3 nitrogen and oxygen atoms in total. The van der Waals surface area contributed by atoms with Crippen molar-refractivity contribution in [3.63, 3.8) is 0 Å². The topological polar surface area (TPSA) is 32.3 Å². The number of rotatable bonds is 3. The number of hydrogen-bond acceptors (Lipinski definition) is 2. The maximum atomic E-state index is 13.1. The van der Waals surface area contributed by atoms with Crippen molar-refractivity contribution in [3.8, 4) is 0 Å². The molecule has 0 spiro atoms. The number of piperidine rings is 1. The van der Waals surface area contributed by atoms with Gasteiger partial charge < -0.3 is 10.2 Å². The van der Waals surface area contributed by atoms with Gasteiger partial charge in [0, 0.05) is 18.7 Å². The number of carbonyl (C=O) groups excluding carboxylic acids is 1. The molecule has 0 radical (unpaired) electrons. The number of nitrogens with one attached hydrogen (secondary N) is 1. The van der Waals surface area contributed by atoms with E-state index in [0.29, 0.717) is 11.5 Å². The van der Waals surface area contributed by atoms with Crippen LogP contribution in [0.4, 0.5) is 4.39 Å². The summed E-state index contributed by atoms with van der Waals surface area (Å²) in [5.74, 6) is -0.0776. The molecule has 2 rings (SSSR count). The third-order valence-electron chi connectivity index (χ3n) is 3.47. The van der Waals surface area contributed by atoms with Crippen molar-refractivity contribution in [2.45, 2.75) is 12.8 Å². The molecule has 0 bridgehead atoms. The van der Waals surface area contributed by atoms with Gasteiger partial charge in [0.15, 0.2) is 0 Å². The van der Waals surface area contributed by atoms with Gasteiger partial charge in [-0.1, -0.05) is 11.6 Å². The fraction of sp³-hybridized carbons (Fsp3) is 0.500. The fourth-order valence-electron chi connectivity index (χ4n) is 2.52. The maximum absolute atomic E-state index is 13.1. The Hall–Kier alpha value is -0.840. The van der Waals surface area contributed by atoms with Gasteiger partial charge in [-0.05, 0) is 50.6 Å². The predicted octanol–water partition coefficient (Wildman–Crippen LogP) is 2.97. The predicted molar refractivity (Wildman–Crippen MR) is 81.2 cm³/mol. The second kappa shape index (κ2) is 7.81. The Morgan fingerprint density at radius 3 is 2.95 bits per heavy atom. The Kier molecular flexibility index (Phi) is 6.72. The first-order chi connectivity index (χ1) is 9.11. The van der Waals surface area contributed by atoms with Crippen molar-refractivity contribution in [2.75, 3.05) is 26.7 Å². The molecular formula is C14H19Cl2FN2O. The molecule has 1 unspecified atom stereocenters. The monoisotopic (exact) mass is 320 g/mol. The van der Waals surface area contributed by atoms with E-state index in [-0.39, 0.29) is 23.3 Å². The lowest BCUT2D eigenvalue weighted by Crippen LogP contribution is -2.42. The van der Waals surface area contributed by atoms with Crippen molar-refractivity contribution in [1.82, 2.24) is 10.2 Å². The van der Waals surface area contributed by atoms with Gasteiger partial charge >= 0.3 is 0 Å². The first-order valence-corrected chi connectivity index (χ1v) is 6.88. The molecule has 1 aliphatic rings. The van der Waals surface area contributed by atoms with E-state index in [9.17, 15) is 9.18 Å². The largest absolute Gasteiger partial charge is 0.338 e. The van der Waals surface area contributed by atoms with E-state index in [4.69, 9.17) is 11.6 Å². The van der Waals surface area contributed by atoms with Crippen molar-refractivity contribution in [1.29, 1.82) is 0 Å². The fourth-order valence-corrected chi connectivity index (χ4v) is 2.70. The third-order valence-corrected chi connectivity index (χ3v) is 3.76. The van der Waals surface area contributed by atoms with Crippen LogP contribution in [-0.4, -0.2) is 37.5 Å². The Balaban J connectivity index is 0.00000200. The molecule has 0 aliphatic carbocycles. The summed E-state index contributed by atoms with van der Waals surface area (Å²) in [6, 6.07) is 4.14. The zero-order chi connectivity index (χ0) is 13.8. The standard InChI is InChI=1S/C14H18ClFN2O.ClH/c1-17-8-10-3-2-6-18(9-10)14(19)11-4-5-13(16)12(15)7-11;/h4-5,7,10,17H,2-3,6,8-9H2,1H3;1H. The van der Waals surface area contributed by atoms with Crippen molar-refractivity contribution in [2.24, 2.45) is 5.92 Å². The van der Waals surface area contributed by atoms with Crippen LogP contribution in [0.2, 0.25) is 5.02 Å². The molecule has 1 aromatic rings. The average Bonchev–Trinajstić information content (AvgIpc) is 2.42. The van der Waals surface area contributed by atoms with Gasteiger partial charge in [0.2, 0.25) is 0 Å². The molecule has 1 fully saturated rings. The van der Waals surface area contributed by atoms with Gasteiger partial charge in [0.1, 0.15) is 5.82 Å². The Bertz CT molecular complexity index is 468. The average molecular weight is 321 g/mol. The highest BCUT2D eigenvalue weighted by Crippen LogP contribution is 2.21. The quantitative estimate of drug-likeness (QED) is 0.928. The number of amides is 1. The zero-order valence-corrected chi connectivity index (χ0v) is 12.9. The SMILES string of the molecule is CNCC1CCCN(C(=O)c2ccc(F)c(Cl)c2)C1.Cl. The van der Waals surface area contributed by atoms with Crippen LogP contribution < -0.4 is 5.32 Å². The van der Waals surface area contributed by atoms with E-state index in [1.54, 1.807) is 0 Å². The minimum atomic E-state index is -0.495. The number of likely N-dealkylation sites (tertiary alicyclic amines) is 1. The van der Waals surface area contributed by atoms with E-state index in [2.05, 4.69) is 5.32 Å². The molecule has 1 heterocycles. The highest BCUT2D eigenvalue weighted by molar-refractivity contribution is 6.31. The number of halogens is 3. The Morgan fingerprint density at radius 2 is 2.30 bits per heavy atom. The lowest BCUT2D eigenvalue weighted by Gasteiger charge is -2.32. The molecule has 1 saturated heterocycles. The minimum Gasteiger partial charge on any atom is -0.338 e. The lowest BCUT2D eigenvalue weighted by atomic mass is 9.97. The van der Waals surface area contributed by atoms with Crippen LogP contribution in [0.25, 0.3) is 0 Å². The Morgan fingerprint density at radius 1 is 1.55 bits per heavy atom. The highest BCUT2D eigenvalue weighted by atomic mass is 35.5. The molecule has 0 saturated carbocycles. The smallest absolute Gasteiger partial charge is 0.253 e. The third kappa shape index (κ3) is 4.08.